The first-order chi connectivity index (χ1) is 15.3. The van der Waals surface area contributed by atoms with Crippen LogP contribution >= 0.6 is 0 Å². The summed E-state index contributed by atoms with van der Waals surface area (Å²) >= 11 is 0. The first-order valence-corrected chi connectivity index (χ1v) is 11.4. The van der Waals surface area contributed by atoms with Gasteiger partial charge in [-0.25, -0.2) is 4.98 Å². The second-order valence-electron chi connectivity index (χ2n) is 8.05. The number of hydrogen-bond acceptors (Lipinski definition) is 7. The predicted octanol–water partition coefficient (Wildman–Crippen LogP) is 3.93. The van der Waals surface area contributed by atoms with Gasteiger partial charge in [0.2, 0.25) is 11.8 Å². The Balaban J connectivity index is 0.000000730. The Hall–Kier alpha value is -2.65. The highest BCUT2D eigenvalue weighted by Crippen LogP contribution is 2.29. The largest absolute Gasteiger partial charge is 0.473 e. The fourth-order valence-electron chi connectivity index (χ4n) is 4.08. The van der Waals surface area contributed by atoms with Crippen LogP contribution in [0.15, 0.2) is 24.7 Å². The van der Waals surface area contributed by atoms with Crippen molar-refractivity contribution in [3.8, 4) is 5.88 Å². The van der Waals surface area contributed by atoms with Crippen molar-refractivity contribution >= 4 is 22.7 Å². The summed E-state index contributed by atoms with van der Waals surface area (Å²) in [6.07, 6.45) is 13.9. The van der Waals surface area contributed by atoms with Crippen LogP contribution in [0.2, 0.25) is 0 Å². The molecule has 2 fully saturated rings. The number of aromatic nitrogens is 5. The first kappa shape index (κ1) is 21.6. The van der Waals surface area contributed by atoms with Crippen LogP contribution in [-0.2, 0) is 4.74 Å². The van der Waals surface area contributed by atoms with Crippen LogP contribution in [0, 0.1) is 0 Å². The van der Waals surface area contributed by atoms with Crippen LogP contribution < -0.4 is 15.8 Å². The molecule has 9 heteroatoms. The van der Waals surface area contributed by atoms with Crippen LogP contribution in [0.4, 0.5) is 11.6 Å². The Bertz CT molecular complexity index is 942. The average molecular weight is 428 g/mol. The average Bonchev–Trinajstić information content (AvgIpc) is 3.46. The molecule has 0 aromatic carbocycles. The highest BCUT2D eigenvalue weighted by Gasteiger charge is 2.20. The maximum absolute atomic E-state index is 6.25. The van der Waals surface area contributed by atoms with Crippen molar-refractivity contribution in [2.75, 3.05) is 25.1 Å². The highest BCUT2D eigenvalue weighted by molar-refractivity contribution is 5.81. The molecule has 5 rings (SSSR count). The fourth-order valence-corrected chi connectivity index (χ4v) is 4.08. The lowest BCUT2D eigenvalue weighted by Gasteiger charge is -2.22. The first-order valence-electron chi connectivity index (χ1n) is 11.4. The Morgan fingerprint density at radius 2 is 1.97 bits per heavy atom. The SMILES string of the molecule is CCN.c1cc2nc(Nc3cnn(C4CCOCC4)c3)nc(OC3CCCCC3)c2[nH]1. The summed E-state index contributed by atoms with van der Waals surface area (Å²) in [4.78, 5) is 12.5. The van der Waals surface area contributed by atoms with E-state index in [-0.39, 0.29) is 6.10 Å². The number of ether oxygens (including phenoxy) is 2. The number of nitrogens with zero attached hydrogens (tertiary/aromatic N) is 4. The molecule has 9 nitrogen and oxygen atoms in total. The summed E-state index contributed by atoms with van der Waals surface area (Å²) < 4.78 is 13.7. The van der Waals surface area contributed by atoms with E-state index in [1.54, 1.807) is 0 Å². The smallest absolute Gasteiger partial charge is 0.243 e. The van der Waals surface area contributed by atoms with Gasteiger partial charge in [-0.15, -0.1) is 0 Å². The van der Waals surface area contributed by atoms with Gasteiger partial charge in [0, 0.05) is 25.6 Å². The molecule has 31 heavy (non-hydrogen) atoms. The quantitative estimate of drug-likeness (QED) is 0.565. The molecule has 4 heterocycles. The molecule has 1 aliphatic heterocycles. The molecule has 0 spiro atoms. The summed E-state index contributed by atoms with van der Waals surface area (Å²) in [6.45, 7) is 4.24. The maximum Gasteiger partial charge on any atom is 0.243 e. The van der Waals surface area contributed by atoms with E-state index >= 15 is 0 Å². The van der Waals surface area contributed by atoms with Crippen molar-refractivity contribution < 1.29 is 9.47 Å². The van der Waals surface area contributed by atoms with Crippen LogP contribution in [-0.4, -0.2) is 50.6 Å². The van der Waals surface area contributed by atoms with Crippen molar-refractivity contribution in [3.05, 3.63) is 24.7 Å². The van der Waals surface area contributed by atoms with E-state index in [9.17, 15) is 0 Å². The topological polar surface area (TPSA) is 116 Å². The predicted molar refractivity (Wildman–Crippen MR) is 121 cm³/mol. The van der Waals surface area contributed by atoms with Gasteiger partial charge in [-0.3, -0.25) is 4.68 Å². The van der Waals surface area contributed by atoms with E-state index in [0.29, 0.717) is 17.9 Å². The molecule has 0 bridgehead atoms. The number of anilines is 2. The number of fused-ring (bicyclic) bond motifs is 1. The van der Waals surface area contributed by atoms with Crippen LogP contribution in [0.25, 0.3) is 11.0 Å². The van der Waals surface area contributed by atoms with Gasteiger partial charge in [0.1, 0.15) is 11.6 Å². The van der Waals surface area contributed by atoms with Gasteiger partial charge in [0.05, 0.1) is 23.4 Å². The summed E-state index contributed by atoms with van der Waals surface area (Å²) in [6, 6.07) is 2.34. The van der Waals surface area contributed by atoms with Crippen molar-refractivity contribution in [2.24, 2.45) is 5.73 Å². The molecule has 1 saturated carbocycles. The van der Waals surface area contributed by atoms with E-state index in [4.69, 9.17) is 15.2 Å². The van der Waals surface area contributed by atoms with Gasteiger partial charge >= 0.3 is 0 Å². The fraction of sp³-hybridized carbons (Fsp3) is 0.591. The van der Waals surface area contributed by atoms with Crippen LogP contribution in [0.5, 0.6) is 5.88 Å². The number of H-pyrrole nitrogens is 1. The third-order valence-corrected chi connectivity index (χ3v) is 5.63. The van der Waals surface area contributed by atoms with Crippen molar-refractivity contribution in [1.82, 2.24) is 24.7 Å². The molecule has 168 valence electrons. The number of nitrogens with two attached hydrogens (primary N) is 1. The van der Waals surface area contributed by atoms with Gasteiger partial charge in [-0.2, -0.15) is 10.1 Å². The molecule has 1 aliphatic carbocycles. The molecule has 0 amide bonds. The normalized spacial score (nSPS) is 17.9. The lowest BCUT2D eigenvalue weighted by molar-refractivity contribution is 0.0662. The molecule has 3 aromatic heterocycles. The van der Waals surface area contributed by atoms with Crippen molar-refractivity contribution in [1.29, 1.82) is 0 Å². The third-order valence-electron chi connectivity index (χ3n) is 5.63. The maximum atomic E-state index is 6.25. The second-order valence-corrected chi connectivity index (χ2v) is 8.05. The lowest BCUT2D eigenvalue weighted by Crippen LogP contribution is -2.20. The summed E-state index contributed by atoms with van der Waals surface area (Å²) in [5, 5.41) is 7.80. The molecule has 0 unspecified atom stereocenters. The van der Waals surface area contributed by atoms with E-state index < -0.39 is 0 Å². The number of hydrogen-bond donors (Lipinski definition) is 3. The number of aromatic amines is 1. The van der Waals surface area contributed by atoms with Gasteiger partial charge in [-0.1, -0.05) is 13.3 Å². The minimum atomic E-state index is 0.235. The van der Waals surface area contributed by atoms with Gasteiger partial charge in [0.25, 0.3) is 0 Å². The number of nitrogens with one attached hydrogen (secondary N) is 2. The minimum Gasteiger partial charge on any atom is -0.473 e. The Kier molecular flexibility index (Phi) is 7.37. The molecular weight excluding hydrogens is 394 g/mol. The molecule has 3 aromatic rings. The van der Waals surface area contributed by atoms with E-state index in [2.05, 4.69) is 25.4 Å². The molecule has 0 atom stereocenters. The number of rotatable bonds is 5. The van der Waals surface area contributed by atoms with Gasteiger partial charge in [-0.05, 0) is 51.1 Å². The zero-order chi connectivity index (χ0) is 21.5. The van der Waals surface area contributed by atoms with E-state index in [1.165, 1.54) is 19.3 Å². The summed E-state index contributed by atoms with van der Waals surface area (Å²) in [5.74, 6) is 1.16. The standard InChI is InChI=1S/C20H26N6O2.C2H7N/c1-2-4-16(5-3-1)28-19-18-17(6-9-21-18)24-20(25-19)23-14-12-22-26(13-14)15-7-10-27-11-8-15;1-2-3/h6,9,12-13,15-16,21H,1-5,7-8,10-11H2,(H,23,24,25);2-3H2,1H3. The van der Waals surface area contributed by atoms with Crippen LogP contribution in [0.3, 0.4) is 0 Å². The Morgan fingerprint density at radius 1 is 1.19 bits per heavy atom. The Morgan fingerprint density at radius 3 is 2.74 bits per heavy atom. The third kappa shape index (κ3) is 5.54. The van der Waals surface area contributed by atoms with E-state index in [0.717, 1.165) is 62.2 Å². The molecule has 2 aliphatic rings. The zero-order valence-corrected chi connectivity index (χ0v) is 18.2. The molecule has 0 radical (unpaired) electrons. The molecule has 1 saturated heterocycles. The second kappa shape index (κ2) is 10.6. The van der Waals surface area contributed by atoms with Crippen LogP contribution in [0.1, 0.15) is 57.9 Å². The summed E-state index contributed by atoms with van der Waals surface area (Å²) in [5.41, 5.74) is 7.43. The monoisotopic (exact) mass is 427 g/mol. The van der Waals surface area contributed by atoms with Crippen molar-refractivity contribution in [3.63, 3.8) is 0 Å². The zero-order valence-electron chi connectivity index (χ0n) is 18.2. The van der Waals surface area contributed by atoms with Gasteiger partial charge < -0.3 is 25.5 Å². The minimum absolute atomic E-state index is 0.235. The lowest BCUT2D eigenvalue weighted by atomic mass is 9.98. The van der Waals surface area contributed by atoms with Crippen molar-refractivity contribution in [2.45, 2.75) is 64.0 Å². The summed E-state index contributed by atoms with van der Waals surface area (Å²) in [7, 11) is 0. The molecular formula is C22H33N7O2. The Labute approximate surface area is 182 Å². The highest BCUT2D eigenvalue weighted by atomic mass is 16.5. The van der Waals surface area contributed by atoms with E-state index in [1.807, 2.05) is 36.3 Å². The molecule has 4 N–H and O–H groups in total. The van der Waals surface area contributed by atoms with Gasteiger partial charge in [0.15, 0.2) is 0 Å².